The van der Waals surface area contributed by atoms with Crippen LogP contribution in [-0.4, -0.2) is 50.1 Å². The molecule has 4 rings (SSSR count). The van der Waals surface area contributed by atoms with E-state index in [4.69, 9.17) is 20.2 Å². The first kappa shape index (κ1) is 33.4. The van der Waals surface area contributed by atoms with E-state index < -0.39 is 33.7 Å². The number of fused-ring (bicyclic) bond motifs is 1. The lowest BCUT2D eigenvalue weighted by atomic mass is 10.0. The smallest absolute Gasteiger partial charge is 0.407 e. The Morgan fingerprint density at radius 3 is 2.51 bits per heavy atom. The number of amides is 1. The lowest BCUT2D eigenvalue weighted by Crippen LogP contribution is -2.34. The number of ether oxygens (including phenoxy) is 2. The molecule has 1 atom stereocenters. The molecule has 0 saturated heterocycles. The van der Waals surface area contributed by atoms with Gasteiger partial charge in [0.25, 0.3) is 0 Å². The molecule has 12 nitrogen and oxygen atoms in total. The minimum Gasteiger partial charge on any atom is -0.492 e. The van der Waals surface area contributed by atoms with Gasteiger partial charge in [0.1, 0.15) is 23.0 Å². The van der Waals surface area contributed by atoms with E-state index in [2.05, 4.69) is 20.0 Å². The number of sulfonamides is 1. The number of amidine groups is 1. The Labute approximate surface area is 265 Å². The van der Waals surface area contributed by atoms with E-state index in [0.717, 1.165) is 10.3 Å². The maximum Gasteiger partial charge on any atom is 0.407 e. The van der Waals surface area contributed by atoms with E-state index in [9.17, 15) is 18.0 Å². The summed E-state index contributed by atoms with van der Waals surface area (Å²) in [5.41, 5.74) is 7.32. The van der Waals surface area contributed by atoms with E-state index in [1.165, 1.54) is 30.4 Å². The van der Waals surface area contributed by atoms with Gasteiger partial charge in [0.05, 0.1) is 27.7 Å². The summed E-state index contributed by atoms with van der Waals surface area (Å²) < 4.78 is 41.4. The fourth-order valence-corrected chi connectivity index (χ4v) is 6.43. The molecule has 0 aliphatic rings. The van der Waals surface area contributed by atoms with Gasteiger partial charge in [-0.05, 0) is 69.2 Å². The highest BCUT2D eigenvalue weighted by atomic mass is 32.2. The van der Waals surface area contributed by atoms with Gasteiger partial charge < -0.3 is 25.4 Å². The molecule has 1 unspecified atom stereocenters. The molecule has 1 heterocycles. The van der Waals surface area contributed by atoms with Crippen molar-refractivity contribution in [2.45, 2.75) is 50.7 Å². The number of oxime groups is 1. The molecule has 0 spiro atoms. The second kappa shape index (κ2) is 14.5. The van der Waals surface area contributed by atoms with Gasteiger partial charge in [0.2, 0.25) is 10.0 Å². The number of nitrogens with two attached hydrogens (primary N) is 1. The van der Waals surface area contributed by atoms with E-state index in [0.29, 0.717) is 21.8 Å². The molecule has 3 aromatic carbocycles. The number of alkyl carbamates (subject to hydrolysis) is 1. The fraction of sp³-hybridized carbons (Fsp3) is 0.290. The highest BCUT2D eigenvalue weighted by Gasteiger charge is 2.25. The molecule has 0 saturated carbocycles. The number of nitrogens with one attached hydrogen (secondary N) is 2. The normalized spacial score (nSPS) is 12.8. The zero-order valence-corrected chi connectivity index (χ0v) is 26.9. The largest absolute Gasteiger partial charge is 0.492 e. The minimum absolute atomic E-state index is 0.00211. The average molecular weight is 654 g/mol. The zero-order chi connectivity index (χ0) is 32.6. The lowest BCUT2D eigenvalue weighted by Gasteiger charge is -2.19. The summed E-state index contributed by atoms with van der Waals surface area (Å²) in [7, 11) is -3.91. The maximum absolute atomic E-state index is 13.4. The van der Waals surface area contributed by atoms with Crippen molar-refractivity contribution in [3.63, 3.8) is 0 Å². The van der Waals surface area contributed by atoms with Crippen LogP contribution in [0.3, 0.4) is 0 Å². The van der Waals surface area contributed by atoms with Crippen molar-refractivity contribution in [1.29, 1.82) is 0 Å². The minimum atomic E-state index is -3.91. The van der Waals surface area contributed by atoms with E-state index >= 15 is 0 Å². The quantitative estimate of drug-likeness (QED) is 0.0647. The number of carbonyl (C=O) groups excluding carboxylic acids is 2. The Morgan fingerprint density at radius 1 is 1.04 bits per heavy atom. The third kappa shape index (κ3) is 9.99. The molecule has 1 amide bonds. The standard InChI is InChI=1S/C31H35N5O7S2/c1-20(37)43-35-28(32)22-10-8-9-21(17-22)18-26(36-45(39,40)24-11-6-5-7-12-24)29-34-25-14-13-23(19-27(25)44-29)41-16-15-33-30(38)42-31(2,3)4/h5-14,17,19,26,36H,15-16,18H2,1-4H3,(H2,32,35)(H,33,38). The Hall–Kier alpha value is -4.53. The molecule has 0 bridgehead atoms. The molecule has 1 aromatic heterocycles. The molecule has 4 aromatic rings. The number of thiazole rings is 1. The summed E-state index contributed by atoms with van der Waals surface area (Å²) in [5, 5.41) is 6.83. The van der Waals surface area contributed by atoms with Gasteiger partial charge in [-0.2, -0.15) is 0 Å². The van der Waals surface area contributed by atoms with Crippen LogP contribution in [0.15, 0.2) is 82.8 Å². The number of nitrogens with zero attached hydrogens (tertiary/aromatic N) is 2. The molecule has 0 aliphatic carbocycles. The van der Waals surface area contributed by atoms with Crippen LogP contribution in [0.25, 0.3) is 10.2 Å². The van der Waals surface area contributed by atoms with Gasteiger partial charge in [-0.25, -0.2) is 27.7 Å². The van der Waals surface area contributed by atoms with Gasteiger partial charge in [-0.3, -0.25) is 0 Å². The van der Waals surface area contributed by atoms with E-state index in [1.807, 2.05) is 12.1 Å². The molecular formula is C31H35N5O7S2. The van der Waals surface area contributed by atoms with Crippen LogP contribution in [0.4, 0.5) is 4.79 Å². The number of rotatable bonds is 12. The molecule has 0 radical (unpaired) electrons. The topological polar surface area (TPSA) is 171 Å². The zero-order valence-electron chi connectivity index (χ0n) is 25.3. The molecule has 14 heteroatoms. The van der Waals surface area contributed by atoms with E-state index in [-0.39, 0.29) is 30.3 Å². The number of benzene rings is 3. The van der Waals surface area contributed by atoms with Crippen molar-refractivity contribution in [2.75, 3.05) is 13.2 Å². The summed E-state index contributed by atoms with van der Waals surface area (Å²) >= 11 is 1.33. The average Bonchev–Trinajstić information content (AvgIpc) is 3.41. The van der Waals surface area contributed by atoms with Crippen molar-refractivity contribution in [3.8, 4) is 5.75 Å². The third-order valence-electron chi connectivity index (χ3n) is 6.00. The maximum atomic E-state index is 13.4. The van der Waals surface area contributed by atoms with Crippen LogP contribution in [0, 0.1) is 0 Å². The summed E-state index contributed by atoms with van der Waals surface area (Å²) in [6.07, 6.45) is -0.289. The second-order valence-corrected chi connectivity index (χ2v) is 13.7. The SMILES string of the molecule is CC(=O)ON=C(N)c1cccc(CC(NS(=O)(=O)c2ccccc2)c2nc3ccc(OCCNC(=O)OC(C)(C)C)cc3s2)c1. The molecule has 238 valence electrons. The Bertz CT molecular complexity index is 1780. The third-order valence-corrected chi connectivity index (χ3v) is 8.62. The fourth-order valence-electron chi connectivity index (χ4n) is 4.09. The first-order chi connectivity index (χ1) is 21.3. The van der Waals surface area contributed by atoms with Gasteiger partial charge in [0.15, 0.2) is 5.84 Å². The molecular weight excluding hydrogens is 619 g/mol. The predicted molar refractivity (Wildman–Crippen MR) is 171 cm³/mol. The molecule has 45 heavy (non-hydrogen) atoms. The Balaban J connectivity index is 1.56. The van der Waals surface area contributed by atoms with Crippen LogP contribution in [-0.2, 0) is 30.8 Å². The van der Waals surface area contributed by atoms with E-state index in [1.54, 1.807) is 69.3 Å². The van der Waals surface area contributed by atoms with Crippen LogP contribution in [0.5, 0.6) is 5.75 Å². The van der Waals surface area contributed by atoms with Crippen molar-refractivity contribution >= 4 is 49.5 Å². The van der Waals surface area contributed by atoms with Gasteiger partial charge in [-0.15, -0.1) is 11.3 Å². The lowest BCUT2D eigenvalue weighted by molar-refractivity contribution is -0.140. The Morgan fingerprint density at radius 2 is 1.80 bits per heavy atom. The summed E-state index contributed by atoms with van der Waals surface area (Å²) in [6, 6.07) is 19.8. The monoisotopic (exact) mass is 653 g/mol. The van der Waals surface area contributed by atoms with Gasteiger partial charge in [0, 0.05) is 12.5 Å². The van der Waals surface area contributed by atoms with Crippen molar-refractivity contribution < 1.29 is 32.3 Å². The van der Waals surface area contributed by atoms with Crippen molar-refractivity contribution in [2.24, 2.45) is 10.9 Å². The molecule has 4 N–H and O–H groups in total. The number of hydrogen-bond acceptors (Lipinski definition) is 10. The Kier molecular flexibility index (Phi) is 10.8. The number of aromatic nitrogens is 1. The van der Waals surface area contributed by atoms with Crippen molar-refractivity contribution in [3.05, 3.63) is 88.9 Å². The van der Waals surface area contributed by atoms with Gasteiger partial charge in [-0.1, -0.05) is 41.6 Å². The summed E-state index contributed by atoms with van der Waals surface area (Å²) in [6.45, 7) is 7.04. The predicted octanol–water partition coefficient (Wildman–Crippen LogP) is 4.65. The van der Waals surface area contributed by atoms with Crippen molar-refractivity contribution in [1.82, 2.24) is 15.0 Å². The highest BCUT2D eigenvalue weighted by Crippen LogP contribution is 2.32. The first-order valence-electron chi connectivity index (χ1n) is 14.0. The van der Waals surface area contributed by atoms with Crippen LogP contribution >= 0.6 is 11.3 Å². The summed E-state index contributed by atoms with van der Waals surface area (Å²) in [5.74, 6) is -0.0334. The second-order valence-electron chi connectivity index (χ2n) is 10.9. The first-order valence-corrected chi connectivity index (χ1v) is 16.3. The van der Waals surface area contributed by atoms with Gasteiger partial charge >= 0.3 is 12.1 Å². The highest BCUT2D eigenvalue weighted by molar-refractivity contribution is 7.89. The summed E-state index contributed by atoms with van der Waals surface area (Å²) in [4.78, 5) is 32.5. The molecule has 0 aliphatic heterocycles. The van der Waals surface area contributed by atoms with Crippen LogP contribution in [0.1, 0.15) is 49.9 Å². The number of carbonyl (C=O) groups is 2. The van der Waals surface area contributed by atoms with Crippen LogP contribution in [0.2, 0.25) is 0 Å². The van der Waals surface area contributed by atoms with Crippen LogP contribution < -0.4 is 20.5 Å². The molecule has 0 fully saturated rings. The number of hydrogen-bond donors (Lipinski definition) is 3.